The van der Waals surface area contributed by atoms with E-state index in [0.717, 1.165) is 108 Å². The molecule has 0 aliphatic rings. The average Bonchev–Trinajstić information content (AvgIpc) is 2.21. The third-order valence-corrected chi connectivity index (χ3v) is 20.1. The summed E-state index contributed by atoms with van der Waals surface area (Å²) in [6, 6.07) is 0. The van der Waals surface area contributed by atoms with Crippen LogP contribution in [0.3, 0.4) is 0 Å². The number of rotatable bonds is 77. The van der Waals surface area contributed by atoms with Gasteiger partial charge < -0.3 is 33.8 Å². The number of unbranched alkanes of at least 4 members (excludes halogenated alkanes) is 47. The summed E-state index contributed by atoms with van der Waals surface area (Å²) in [6.07, 6.45) is 58.3. The van der Waals surface area contributed by atoms with E-state index in [4.69, 9.17) is 37.0 Å². The van der Waals surface area contributed by atoms with Gasteiger partial charge in [0.15, 0.2) is 12.2 Å². The first-order valence-corrected chi connectivity index (χ1v) is 43.5. The van der Waals surface area contributed by atoms with Crippen LogP contribution in [0.4, 0.5) is 0 Å². The number of ether oxygens (including phenoxy) is 4. The Balaban J connectivity index is 5.21. The molecule has 19 heteroatoms. The van der Waals surface area contributed by atoms with Crippen molar-refractivity contribution in [3.05, 3.63) is 0 Å². The number of hydrogen-bond donors (Lipinski definition) is 3. The molecule has 0 fully saturated rings. The van der Waals surface area contributed by atoms with Gasteiger partial charge in [0, 0.05) is 25.7 Å². The maximum atomic E-state index is 13.1. The van der Waals surface area contributed by atoms with Gasteiger partial charge in [-0.15, -0.1) is 0 Å². The Morgan fingerprint density at radius 2 is 0.474 bits per heavy atom. The Hall–Kier alpha value is -1.94. The lowest BCUT2D eigenvalue weighted by Crippen LogP contribution is -2.30. The Morgan fingerprint density at radius 1 is 0.278 bits per heavy atom. The van der Waals surface area contributed by atoms with Crippen LogP contribution in [-0.4, -0.2) is 96.7 Å². The Labute approximate surface area is 594 Å². The van der Waals surface area contributed by atoms with Gasteiger partial charge in [-0.1, -0.05) is 356 Å². The number of carbonyl (C=O) groups is 4. The molecule has 0 radical (unpaired) electrons. The van der Waals surface area contributed by atoms with Crippen LogP contribution in [0.2, 0.25) is 0 Å². The van der Waals surface area contributed by atoms with Gasteiger partial charge in [0.1, 0.15) is 19.3 Å². The standard InChI is InChI=1S/C78H152O17P2/c1-7-9-11-13-15-17-18-19-22-26-33-38-44-50-56-62-77(82)94-73(66-88-75(80)60-54-48-42-16-14-12-10-8-2)68-92-96(84,85)90-64-72(79)65-91-97(86,87)93-69-74(67-89-76(81)61-55-49-43-37-32-29-28-31-36-41-47-53-59-71(5)6)95-78(83)63-57-51-45-39-34-27-24-21-20-23-25-30-35-40-46-52-58-70(3)4/h70-74,79H,7-69H2,1-6H3,(H,84,85)(H,86,87)/t72-,73+,74+/m0/s1. The first-order chi connectivity index (χ1) is 46.9. The summed E-state index contributed by atoms with van der Waals surface area (Å²) in [7, 11) is -9.91. The maximum absolute atomic E-state index is 13.1. The van der Waals surface area contributed by atoms with Crippen molar-refractivity contribution in [1.29, 1.82) is 0 Å². The fraction of sp³-hybridized carbons (Fsp3) is 0.949. The zero-order valence-corrected chi connectivity index (χ0v) is 65.2. The summed E-state index contributed by atoms with van der Waals surface area (Å²) in [5, 5.41) is 10.6. The molecule has 3 N–H and O–H groups in total. The van der Waals surface area contributed by atoms with Crippen LogP contribution >= 0.6 is 15.6 Å². The van der Waals surface area contributed by atoms with Crippen molar-refractivity contribution in [3.63, 3.8) is 0 Å². The summed E-state index contributed by atoms with van der Waals surface area (Å²) in [4.78, 5) is 72.8. The molecule has 0 saturated carbocycles. The smallest absolute Gasteiger partial charge is 0.462 e. The molecule has 2 unspecified atom stereocenters. The van der Waals surface area contributed by atoms with Crippen molar-refractivity contribution in [3.8, 4) is 0 Å². The molecular weight excluding hydrogens is 1270 g/mol. The van der Waals surface area contributed by atoms with Gasteiger partial charge in [-0.2, -0.15) is 0 Å². The highest BCUT2D eigenvalue weighted by Gasteiger charge is 2.30. The van der Waals surface area contributed by atoms with Gasteiger partial charge in [-0.3, -0.25) is 37.3 Å². The third-order valence-electron chi connectivity index (χ3n) is 18.2. The lowest BCUT2D eigenvalue weighted by Gasteiger charge is -2.21. The summed E-state index contributed by atoms with van der Waals surface area (Å²) in [6.45, 7) is 9.64. The highest BCUT2D eigenvalue weighted by molar-refractivity contribution is 7.47. The van der Waals surface area contributed by atoms with E-state index in [-0.39, 0.29) is 25.7 Å². The van der Waals surface area contributed by atoms with E-state index in [1.807, 2.05) is 0 Å². The molecule has 0 aliphatic carbocycles. The molecule has 0 rings (SSSR count). The number of aliphatic hydroxyl groups excluding tert-OH is 1. The van der Waals surface area contributed by atoms with Crippen LogP contribution in [0.15, 0.2) is 0 Å². The summed E-state index contributed by atoms with van der Waals surface area (Å²) in [5.41, 5.74) is 0. The van der Waals surface area contributed by atoms with Crippen LogP contribution in [0.5, 0.6) is 0 Å². The molecule has 0 heterocycles. The van der Waals surface area contributed by atoms with Crippen LogP contribution in [0.25, 0.3) is 0 Å². The Kier molecular flexibility index (Phi) is 68.4. The Bertz CT molecular complexity index is 1870. The van der Waals surface area contributed by atoms with Crippen LogP contribution in [-0.2, 0) is 65.4 Å². The molecule has 0 aliphatic heterocycles. The number of esters is 4. The van der Waals surface area contributed by atoms with Crippen molar-refractivity contribution in [2.45, 2.75) is 426 Å². The Morgan fingerprint density at radius 3 is 0.701 bits per heavy atom. The molecule has 5 atom stereocenters. The molecule has 0 aromatic rings. The van der Waals surface area contributed by atoms with Crippen molar-refractivity contribution in [2.24, 2.45) is 11.8 Å². The van der Waals surface area contributed by atoms with E-state index in [1.165, 1.54) is 218 Å². The lowest BCUT2D eigenvalue weighted by molar-refractivity contribution is -0.161. The molecular formula is C78H152O17P2. The number of phosphoric acid groups is 2. The summed E-state index contributed by atoms with van der Waals surface area (Å²) < 4.78 is 68.6. The van der Waals surface area contributed by atoms with Crippen molar-refractivity contribution in [2.75, 3.05) is 39.6 Å². The maximum Gasteiger partial charge on any atom is 0.472 e. The van der Waals surface area contributed by atoms with Gasteiger partial charge >= 0.3 is 39.5 Å². The number of aliphatic hydroxyl groups is 1. The van der Waals surface area contributed by atoms with Crippen molar-refractivity contribution < 1.29 is 80.2 Å². The predicted molar refractivity (Wildman–Crippen MR) is 395 cm³/mol. The van der Waals surface area contributed by atoms with Gasteiger partial charge in [0.05, 0.1) is 26.4 Å². The minimum absolute atomic E-state index is 0.108. The number of carbonyl (C=O) groups excluding carboxylic acids is 4. The summed E-state index contributed by atoms with van der Waals surface area (Å²) >= 11 is 0. The normalized spacial score (nSPS) is 14.0. The van der Waals surface area contributed by atoms with Crippen LogP contribution in [0.1, 0.15) is 408 Å². The quantitative estimate of drug-likeness (QED) is 0.0222. The van der Waals surface area contributed by atoms with Crippen molar-refractivity contribution in [1.82, 2.24) is 0 Å². The monoisotopic (exact) mass is 1420 g/mol. The second kappa shape index (κ2) is 69.8. The average molecular weight is 1420 g/mol. The predicted octanol–water partition coefficient (Wildman–Crippen LogP) is 23.1. The van der Waals surface area contributed by atoms with Gasteiger partial charge in [-0.25, -0.2) is 9.13 Å². The third kappa shape index (κ3) is 72.2. The SMILES string of the molecule is CCCCCCCCCCCCCCCCCC(=O)O[C@H](COC(=O)CCCCCCCCCC)COP(=O)(O)OC[C@H](O)COP(=O)(O)OC[C@@H](COC(=O)CCCCCCCCCCCCCCC(C)C)OC(=O)CCCCCCCCCCCCCCCCCCC(C)C. The van der Waals surface area contributed by atoms with Crippen LogP contribution < -0.4 is 0 Å². The fourth-order valence-corrected chi connectivity index (χ4v) is 13.6. The molecule has 0 spiro atoms. The van der Waals surface area contributed by atoms with E-state index in [0.29, 0.717) is 25.7 Å². The minimum atomic E-state index is -4.96. The zero-order valence-electron chi connectivity index (χ0n) is 63.4. The fourth-order valence-electron chi connectivity index (χ4n) is 12.0. The number of phosphoric ester groups is 2. The van der Waals surface area contributed by atoms with Gasteiger partial charge in [-0.05, 0) is 37.5 Å². The molecule has 0 aromatic heterocycles. The molecule has 576 valence electrons. The molecule has 97 heavy (non-hydrogen) atoms. The van der Waals surface area contributed by atoms with Gasteiger partial charge in [0.25, 0.3) is 0 Å². The van der Waals surface area contributed by atoms with Gasteiger partial charge in [0.2, 0.25) is 0 Å². The first-order valence-electron chi connectivity index (χ1n) is 40.5. The lowest BCUT2D eigenvalue weighted by atomic mass is 10.0. The van der Waals surface area contributed by atoms with Crippen LogP contribution in [0, 0.1) is 11.8 Å². The van der Waals surface area contributed by atoms with E-state index in [9.17, 15) is 43.2 Å². The molecule has 17 nitrogen and oxygen atoms in total. The second-order valence-corrected chi connectivity index (χ2v) is 32.0. The number of hydrogen-bond acceptors (Lipinski definition) is 15. The molecule has 0 amide bonds. The van der Waals surface area contributed by atoms with E-state index >= 15 is 0 Å². The van der Waals surface area contributed by atoms with E-state index in [1.54, 1.807) is 0 Å². The topological polar surface area (TPSA) is 237 Å². The molecule has 0 saturated heterocycles. The van der Waals surface area contributed by atoms with E-state index in [2.05, 4.69) is 41.5 Å². The highest BCUT2D eigenvalue weighted by Crippen LogP contribution is 2.45. The molecule has 0 bridgehead atoms. The zero-order chi connectivity index (χ0) is 71.4. The second-order valence-electron chi connectivity index (χ2n) is 29.1. The first kappa shape index (κ1) is 95.1. The van der Waals surface area contributed by atoms with E-state index < -0.39 is 97.5 Å². The largest absolute Gasteiger partial charge is 0.472 e. The minimum Gasteiger partial charge on any atom is -0.462 e. The highest BCUT2D eigenvalue weighted by atomic mass is 31.2. The summed E-state index contributed by atoms with van der Waals surface area (Å²) in [5.74, 6) is -0.523. The molecule has 0 aromatic carbocycles. The van der Waals surface area contributed by atoms with Crippen molar-refractivity contribution >= 4 is 39.5 Å².